The van der Waals surface area contributed by atoms with Crippen molar-refractivity contribution in [2.24, 2.45) is 0 Å². The summed E-state index contributed by atoms with van der Waals surface area (Å²) in [6.07, 6.45) is 0. The highest BCUT2D eigenvalue weighted by atomic mass is 79.9. The molecule has 2 aromatic carbocycles. The van der Waals surface area contributed by atoms with E-state index < -0.39 is 0 Å². The maximum absolute atomic E-state index is 12.1. The highest BCUT2D eigenvalue weighted by molar-refractivity contribution is 9.10. The standard InChI is InChI=1S/C14H12BrClN2O/c1-8-4-9(6-11(17)5-8)14(19)18-13-3-2-10(15)7-12(13)16/h2-7H,17H2,1H3,(H,18,19). The Kier molecular flexibility index (Phi) is 4.12. The predicted octanol–water partition coefficient (Wildman–Crippen LogP) is 4.25. The van der Waals surface area contributed by atoms with Crippen molar-refractivity contribution < 1.29 is 4.79 Å². The molecular weight excluding hydrogens is 328 g/mol. The van der Waals surface area contributed by atoms with Gasteiger partial charge in [-0.05, 0) is 48.9 Å². The van der Waals surface area contributed by atoms with E-state index >= 15 is 0 Å². The fraction of sp³-hybridized carbons (Fsp3) is 0.0714. The number of aryl methyl sites for hydroxylation is 1. The molecule has 0 atom stereocenters. The molecule has 5 heteroatoms. The maximum atomic E-state index is 12.1. The lowest BCUT2D eigenvalue weighted by atomic mass is 10.1. The van der Waals surface area contributed by atoms with Crippen LogP contribution < -0.4 is 11.1 Å². The number of nitrogens with two attached hydrogens (primary N) is 1. The van der Waals surface area contributed by atoms with Crippen LogP contribution in [0.4, 0.5) is 11.4 Å². The normalized spacial score (nSPS) is 10.3. The van der Waals surface area contributed by atoms with Gasteiger partial charge in [0.2, 0.25) is 0 Å². The van der Waals surface area contributed by atoms with Crippen LogP contribution >= 0.6 is 27.5 Å². The molecule has 0 unspecified atom stereocenters. The molecule has 0 aliphatic rings. The van der Waals surface area contributed by atoms with Gasteiger partial charge in [0, 0.05) is 15.7 Å². The molecule has 2 rings (SSSR count). The third-order valence-electron chi connectivity index (χ3n) is 2.54. The van der Waals surface area contributed by atoms with E-state index in [-0.39, 0.29) is 5.91 Å². The first-order valence-corrected chi connectivity index (χ1v) is 6.76. The van der Waals surface area contributed by atoms with E-state index in [1.165, 1.54) is 0 Å². The van der Waals surface area contributed by atoms with Gasteiger partial charge in [-0.15, -0.1) is 0 Å². The van der Waals surface area contributed by atoms with Gasteiger partial charge in [-0.25, -0.2) is 0 Å². The second kappa shape index (κ2) is 5.63. The molecule has 0 aliphatic carbocycles. The zero-order chi connectivity index (χ0) is 14.0. The summed E-state index contributed by atoms with van der Waals surface area (Å²) in [6.45, 7) is 1.89. The summed E-state index contributed by atoms with van der Waals surface area (Å²) in [5.74, 6) is -0.236. The van der Waals surface area contributed by atoms with Crippen molar-refractivity contribution >= 4 is 44.8 Å². The molecule has 0 aliphatic heterocycles. The van der Waals surface area contributed by atoms with Gasteiger partial charge in [-0.1, -0.05) is 27.5 Å². The Morgan fingerprint density at radius 2 is 2.00 bits per heavy atom. The number of rotatable bonds is 2. The summed E-state index contributed by atoms with van der Waals surface area (Å²) in [5.41, 5.74) is 8.30. The molecule has 98 valence electrons. The Bertz CT molecular complexity index is 623. The zero-order valence-corrected chi connectivity index (χ0v) is 12.5. The van der Waals surface area contributed by atoms with Crippen LogP contribution in [0.2, 0.25) is 5.02 Å². The van der Waals surface area contributed by atoms with E-state index in [4.69, 9.17) is 17.3 Å². The van der Waals surface area contributed by atoms with E-state index in [9.17, 15) is 4.79 Å². The number of hydrogen-bond acceptors (Lipinski definition) is 2. The molecular formula is C14H12BrClN2O. The average molecular weight is 340 g/mol. The summed E-state index contributed by atoms with van der Waals surface area (Å²) in [4.78, 5) is 12.1. The number of benzene rings is 2. The quantitative estimate of drug-likeness (QED) is 0.804. The van der Waals surface area contributed by atoms with E-state index in [1.807, 2.05) is 19.1 Å². The number of amides is 1. The van der Waals surface area contributed by atoms with Crippen LogP contribution in [0.25, 0.3) is 0 Å². The summed E-state index contributed by atoms with van der Waals surface area (Å²) in [7, 11) is 0. The summed E-state index contributed by atoms with van der Waals surface area (Å²) in [6, 6.07) is 10.5. The molecule has 0 saturated carbocycles. The van der Waals surface area contributed by atoms with Gasteiger partial charge >= 0.3 is 0 Å². The third-order valence-corrected chi connectivity index (χ3v) is 3.35. The number of nitrogen functional groups attached to an aromatic ring is 1. The Morgan fingerprint density at radius 1 is 1.26 bits per heavy atom. The first-order chi connectivity index (χ1) is 8.95. The molecule has 0 spiro atoms. The van der Waals surface area contributed by atoms with Crippen molar-refractivity contribution in [3.8, 4) is 0 Å². The third kappa shape index (κ3) is 3.49. The van der Waals surface area contributed by atoms with Crippen LogP contribution in [0.5, 0.6) is 0 Å². The van der Waals surface area contributed by atoms with Crippen molar-refractivity contribution in [1.82, 2.24) is 0 Å². The minimum absolute atomic E-state index is 0.236. The van der Waals surface area contributed by atoms with Crippen molar-refractivity contribution in [1.29, 1.82) is 0 Å². The molecule has 0 heterocycles. The topological polar surface area (TPSA) is 55.1 Å². The van der Waals surface area contributed by atoms with Crippen molar-refractivity contribution in [3.63, 3.8) is 0 Å². The van der Waals surface area contributed by atoms with Crippen molar-refractivity contribution in [3.05, 3.63) is 57.0 Å². The largest absolute Gasteiger partial charge is 0.399 e. The van der Waals surface area contributed by atoms with Gasteiger partial charge in [0.25, 0.3) is 5.91 Å². The highest BCUT2D eigenvalue weighted by Gasteiger charge is 2.09. The molecule has 0 saturated heterocycles. The fourth-order valence-electron chi connectivity index (χ4n) is 1.73. The fourth-order valence-corrected chi connectivity index (χ4v) is 2.45. The summed E-state index contributed by atoms with van der Waals surface area (Å²) in [5, 5.41) is 3.24. The molecule has 19 heavy (non-hydrogen) atoms. The molecule has 3 N–H and O–H groups in total. The minimum Gasteiger partial charge on any atom is -0.399 e. The maximum Gasteiger partial charge on any atom is 0.255 e. The second-order valence-electron chi connectivity index (χ2n) is 4.21. The van der Waals surface area contributed by atoms with Crippen LogP contribution in [-0.4, -0.2) is 5.91 Å². The lowest BCUT2D eigenvalue weighted by Gasteiger charge is -2.09. The number of nitrogens with one attached hydrogen (secondary N) is 1. The predicted molar refractivity (Wildman–Crippen MR) is 82.7 cm³/mol. The van der Waals surface area contributed by atoms with Crippen LogP contribution in [0.15, 0.2) is 40.9 Å². The average Bonchev–Trinajstić information content (AvgIpc) is 2.31. The summed E-state index contributed by atoms with van der Waals surface area (Å²) < 4.78 is 0.857. The number of hydrogen-bond donors (Lipinski definition) is 2. The lowest BCUT2D eigenvalue weighted by molar-refractivity contribution is 0.102. The van der Waals surface area contributed by atoms with Crippen LogP contribution in [0.1, 0.15) is 15.9 Å². The Balaban J connectivity index is 2.25. The molecule has 0 aromatic heterocycles. The molecule has 2 aromatic rings. The molecule has 3 nitrogen and oxygen atoms in total. The Hall–Kier alpha value is -1.52. The lowest BCUT2D eigenvalue weighted by Crippen LogP contribution is -2.12. The number of halogens is 2. The Morgan fingerprint density at radius 3 is 2.63 bits per heavy atom. The second-order valence-corrected chi connectivity index (χ2v) is 5.53. The van der Waals surface area contributed by atoms with Gasteiger partial charge in [-0.2, -0.15) is 0 Å². The monoisotopic (exact) mass is 338 g/mol. The summed E-state index contributed by atoms with van der Waals surface area (Å²) >= 11 is 9.37. The number of carbonyl (C=O) groups excluding carboxylic acids is 1. The minimum atomic E-state index is -0.236. The molecule has 0 bridgehead atoms. The smallest absolute Gasteiger partial charge is 0.255 e. The first-order valence-electron chi connectivity index (χ1n) is 5.59. The highest BCUT2D eigenvalue weighted by Crippen LogP contribution is 2.26. The van der Waals surface area contributed by atoms with E-state index in [2.05, 4.69) is 21.2 Å². The van der Waals surface area contributed by atoms with E-state index in [0.717, 1.165) is 10.0 Å². The zero-order valence-electron chi connectivity index (χ0n) is 10.2. The number of carbonyl (C=O) groups is 1. The van der Waals surface area contributed by atoms with Crippen LogP contribution in [0.3, 0.4) is 0 Å². The van der Waals surface area contributed by atoms with Gasteiger partial charge in [0.15, 0.2) is 0 Å². The molecule has 0 radical (unpaired) electrons. The van der Waals surface area contributed by atoms with E-state index in [1.54, 1.807) is 24.3 Å². The first kappa shape index (κ1) is 13.9. The van der Waals surface area contributed by atoms with Crippen LogP contribution in [0, 0.1) is 6.92 Å². The molecule has 1 amide bonds. The van der Waals surface area contributed by atoms with E-state index in [0.29, 0.717) is 22.0 Å². The van der Waals surface area contributed by atoms with Gasteiger partial charge in [-0.3, -0.25) is 4.79 Å². The van der Waals surface area contributed by atoms with Gasteiger partial charge in [0.05, 0.1) is 10.7 Å². The van der Waals surface area contributed by atoms with Gasteiger partial charge < -0.3 is 11.1 Å². The SMILES string of the molecule is Cc1cc(N)cc(C(=O)Nc2ccc(Br)cc2Cl)c1. The van der Waals surface area contributed by atoms with Crippen LogP contribution in [-0.2, 0) is 0 Å². The van der Waals surface area contributed by atoms with Crippen molar-refractivity contribution in [2.45, 2.75) is 6.92 Å². The van der Waals surface area contributed by atoms with Crippen molar-refractivity contribution in [2.75, 3.05) is 11.1 Å². The number of anilines is 2. The van der Waals surface area contributed by atoms with Gasteiger partial charge in [0.1, 0.15) is 0 Å². The Labute approximate surface area is 124 Å². The molecule has 0 fully saturated rings.